The van der Waals surface area contributed by atoms with Gasteiger partial charge in [-0.1, -0.05) is 24.3 Å². The number of nitrogens with two attached hydrogens (primary N) is 1. The molecule has 1 unspecified atom stereocenters. The van der Waals surface area contributed by atoms with Gasteiger partial charge in [-0.15, -0.1) is 0 Å². The summed E-state index contributed by atoms with van der Waals surface area (Å²) in [5.74, 6) is -0.882. The van der Waals surface area contributed by atoms with Crippen LogP contribution in [0.4, 0.5) is 4.79 Å². The first-order valence-corrected chi connectivity index (χ1v) is 9.40. The van der Waals surface area contributed by atoms with E-state index in [4.69, 9.17) is 10.5 Å². The maximum atomic E-state index is 11.9. The second-order valence-electron chi connectivity index (χ2n) is 6.48. The van der Waals surface area contributed by atoms with Gasteiger partial charge in [-0.3, -0.25) is 0 Å². The van der Waals surface area contributed by atoms with Crippen LogP contribution in [0.3, 0.4) is 0 Å². The van der Waals surface area contributed by atoms with E-state index in [0.29, 0.717) is 12.0 Å². The lowest BCUT2D eigenvalue weighted by Crippen LogP contribution is -2.30. The van der Waals surface area contributed by atoms with Crippen molar-refractivity contribution in [2.45, 2.75) is 38.8 Å². The molecule has 0 spiro atoms. The molecule has 1 aromatic carbocycles. The highest BCUT2D eigenvalue weighted by Gasteiger charge is 2.24. The van der Waals surface area contributed by atoms with Crippen molar-refractivity contribution in [1.82, 2.24) is 0 Å². The molecule has 0 fully saturated rings. The van der Waals surface area contributed by atoms with Crippen LogP contribution in [0.15, 0.2) is 24.3 Å². The summed E-state index contributed by atoms with van der Waals surface area (Å²) in [4.78, 5) is 23.3. The molecule has 24 heavy (non-hydrogen) atoms. The first kappa shape index (κ1) is 20.1. The zero-order chi connectivity index (χ0) is 18.5. The van der Waals surface area contributed by atoms with Crippen molar-refractivity contribution in [2.75, 3.05) is 12.0 Å². The summed E-state index contributed by atoms with van der Waals surface area (Å²) >= 11 is 0. The van der Waals surface area contributed by atoms with Gasteiger partial charge in [0.1, 0.15) is 21.5 Å². The molecule has 1 rings (SSSR count). The molecule has 0 saturated carbocycles. The van der Waals surface area contributed by atoms with E-state index >= 15 is 0 Å². The molecule has 2 N–H and O–H groups in total. The van der Waals surface area contributed by atoms with Crippen LogP contribution in [0.2, 0.25) is 0 Å². The van der Waals surface area contributed by atoms with E-state index < -0.39 is 33.6 Å². The minimum absolute atomic E-state index is 0.0408. The molecule has 8 heteroatoms. The average Bonchev–Trinajstić information content (AvgIpc) is 2.42. The van der Waals surface area contributed by atoms with Crippen molar-refractivity contribution in [3.05, 3.63) is 35.4 Å². The monoisotopic (exact) mass is 357 g/mol. The fraction of sp³-hybridized carbons (Fsp3) is 0.500. The van der Waals surface area contributed by atoms with Crippen LogP contribution in [0.5, 0.6) is 0 Å². The van der Waals surface area contributed by atoms with Crippen LogP contribution in [-0.2, 0) is 30.5 Å². The largest absolute Gasteiger partial charge is 0.516 e. The van der Waals surface area contributed by atoms with Gasteiger partial charge in [0.25, 0.3) is 0 Å². The minimum atomic E-state index is -3.04. The predicted octanol–water partition coefficient (Wildman–Crippen LogP) is 1.75. The van der Waals surface area contributed by atoms with E-state index in [2.05, 4.69) is 4.74 Å². The van der Waals surface area contributed by atoms with Crippen LogP contribution < -0.4 is 5.73 Å². The van der Waals surface area contributed by atoms with Crippen molar-refractivity contribution >= 4 is 22.0 Å². The van der Waals surface area contributed by atoms with Crippen molar-refractivity contribution < 1.29 is 27.5 Å². The number of benzene rings is 1. The number of carbonyl (C=O) groups is 2. The van der Waals surface area contributed by atoms with Gasteiger partial charge >= 0.3 is 12.1 Å². The summed E-state index contributed by atoms with van der Waals surface area (Å²) in [7, 11) is -3.04. The first-order chi connectivity index (χ1) is 10.9. The number of ether oxygens (including phenoxy) is 2. The summed E-state index contributed by atoms with van der Waals surface area (Å²) in [5, 5.41) is 0. The number of carbonyl (C=O) groups excluding carboxylic acids is 2. The third-order valence-electron chi connectivity index (χ3n) is 2.93. The van der Waals surface area contributed by atoms with Crippen LogP contribution in [-0.4, -0.2) is 38.2 Å². The highest BCUT2D eigenvalue weighted by molar-refractivity contribution is 7.90. The number of hydrogen-bond acceptors (Lipinski definition) is 7. The Hall–Kier alpha value is -1.93. The molecule has 0 aliphatic heterocycles. The Morgan fingerprint density at radius 1 is 1.17 bits per heavy atom. The Morgan fingerprint density at radius 3 is 2.17 bits per heavy atom. The van der Waals surface area contributed by atoms with Gasteiger partial charge < -0.3 is 15.2 Å². The topological polar surface area (TPSA) is 113 Å². The van der Waals surface area contributed by atoms with Crippen molar-refractivity contribution in [3.63, 3.8) is 0 Å². The standard InChI is InChI=1S/C16H23NO6S/c1-16(2,3)23-15(19)22-14(18)13(17)12-7-5-11(6-8-12)9-10-24(4,20)21/h5-8,13H,9-10,17H2,1-4H3. The quantitative estimate of drug-likeness (QED) is 0.631. The third-order valence-corrected chi connectivity index (χ3v) is 3.87. The molecule has 0 aliphatic rings. The van der Waals surface area contributed by atoms with E-state index in [9.17, 15) is 18.0 Å². The second kappa shape index (κ2) is 7.76. The molecule has 0 aromatic heterocycles. The van der Waals surface area contributed by atoms with Crippen LogP contribution in [0.1, 0.15) is 37.9 Å². The average molecular weight is 357 g/mol. The smallest absolute Gasteiger partial charge is 0.428 e. The lowest BCUT2D eigenvalue weighted by atomic mass is 10.0. The Bertz CT molecular complexity index is 688. The zero-order valence-corrected chi connectivity index (χ0v) is 15.1. The van der Waals surface area contributed by atoms with E-state index in [0.717, 1.165) is 5.56 Å². The van der Waals surface area contributed by atoms with Gasteiger partial charge in [-0.2, -0.15) is 0 Å². The van der Waals surface area contributed by atoms with Gasteiger partial charge in [0.15, 0.2) is 0 Å². The molecule has 0 aliphatic carbocycles. The maximum Gasteiger partial charge on any atom is 0.516 e. The molecule has 0 radical (unpaired) electrons. The SMILES string of the molecule is CC(C)(C)OC(=O)OC(=O)C(N)c1ccc(CCS(C)(=O)=O)cc1. The molecule has 134 valence electrons. The van der Waals surface area contributed by atoms with Gasteiger partial charge in [-0.05, 0) is 38.3 Å². The second-order valence-corrected chi connectivity index (χ2v) is 8.74. The lowest BCUT2D eigenvalue weighted by molar-refractivity contribution is -0.143. The Morgan fingerprint density at radius 2 is 1.71 bits per heavy atom. The van der Waals surface area contributed by atoms with E-state index in [-0.39, 0.29) is 5.75 Å². The van der Waals surface area contributed by atoms with Gasteiger partial charge in [0.2, 0.25) is 0 Å². The highest BCUT2D eigenvalue weighted by Crippen LogP contribution is 2.15. The highest BCUT2D eigenvalue weighted by atomic mass is 32.2. The fourth-order valence-electron chi connectivity index (χ4n) is 1.75. The van der Waals surface area contributed by atoms with E-state index in [1.807, 2.05) is 0 Å². The first-order valence-electron chi connectivity index (χ1n) is 7.34. The molecular weight excluding hydrogens is 334 g/mol. The van der Waals surface area contributed by atoms with Gasteiger partial charge in [-0.25, -0.2) is 18.0 Å². The van der Waals surface area contributed by atoms with Crippen molar-refractivity contribution in [2.24, 2.45) is 5.73 Å². The van der Waals surface area contributed by atoms with Gasteiger partial charge in [0, 0.05) is 6.26 Å². The Kier molecular flexibility index (Phi) is 6.50. The van der Waals surface area contributed by atoms with Crippen LogP contribution in [0.25, 0.3) is 0 Å². The van der Waals surface area contributed by atoms with Crippen molar-refractivity contribution in [3.8, 4) is 0 Å². The third kappa shape index (κ3) is 7.56. The van der Waals surface area contributed by atoms with Crippen LogP contribution in [0, 0.1) is 0 Å². The molecule has 0 saturated heterocycles. The van der Waals surface area contributed by atoms with Crippen molar-refractivity contribution in [1.29, 1.82) is 0 Å². The Balaban J connectivity index is 2.65. The van der Waals surface area contributed by atoms with E-state index in [1.165, 1.54) is 6.26 Å². The Labute approximate surface area is 142 Å². The van der Waals surface area contributed by atoms with Gasteiger partial charge in [0.05, 0.1) is 5.75 Å². The summed E-state index contributed by atoms with van der Waals surface area (Å²) < 4.78 is 31.7. The fourth-order valence-corrected chi connectivity index (χ4v) is 2.35. The normalized spacial score (nSPS) is 13.2. The number of hydrogen-bond donors (Lipinski definition) is 1. The summed E-state index contributed by atoms with van der Waals surface area (Å²) in [5.41, 5.74) is 6.24. The molecule has 0 heterocycles. The molecule has 7 nitrogen and oxygen atoms in total. The summed E-state index contributed by atoms with van der Waals surface area (Å²) in [6.07, 6.45) is 0.438. The molecule has 0 bridgehead atoms. The maximum absolute atomic E-state index is 11.9. The molecular formula is C16H23NO6S. The van der Waals surface area contributed by atoms with Crippen LogP contribution >= 0.6 is 0 Å². The predicted molar refractivity (Wildman–Crippen MR) is 89.1 cm³/mol. The molecule has 1 atom stereocenters. The molecule has 1 aromatic rings. The lowest BCUT2D eigenvalue weighted by Gasteiger charge is -2.19. The summed E-state index contributed by atoms with van der Waals surface area (Å²) in [6.45, 7) is 4.94. The summed E-state index contributed by atoms with van der Waals surface area (Å²) in [6, 6.07) is 5.42. The molecule has 0 amide bonds. The minimum Gasteiger partial charge on any atom is -0.428 e. The number of esters is 1. The number of rotatable bonds is 5. The van der Waals surface area contributed by atoms with E-state index in [1.54, 1.807) is 45.0 Å². The number of sulfone groups is 1. The number of aryl methyl sites for hydroxylation is 1. The zero-order valence-electron chi connectivity index (χ0n) is 14.2.